The van der Waals surface area contributed by atoms with Gasteiger partial charge in [0.2, 0.25) is 5.82 Å². The molecule has 2 aromatic heterocycles. The molecule has 3 rings (SSSR count). The van der Waals surface area contributed by atoms with Crippen LogP contribution in [0.5, 0.6) is 0 Å². The van der Waals surface area contributed by atoms with Crippen LogP contribution < -0.4 is 10.6 Å². The molecule has 0 saturated heterocycles. The number of nitrogens with zero attached hydrogens (tertiary/aromatic N) is 3. The van der Waals surface area contributed by atoms with E-state index in [-0.39, 0.29) is 17.6 Å². The van der Waals surface area contributed by atoms with E-state index in [9.17, 15) is 9.59 Å². The summed E-state index contributed by atoms with van der Waals surface area (Å²) >= 11 is 0. The standard InChI is InChI=1S/C18H19N5O2/c1-22-10-6-9-14(22)17(24)21-15-12-23(2)16(20-15)18(25)19-11-13-7-4-3-5-8-13/h3-10,12H,11H2,1-2H3,(H,19,25)(H,21,24). The third-order valence-electron chi connectivity index (χ3n) is 3.79. The van der Waals surface area contributed by atoms with Crippen LogP contribution in [-0.2, 0) is 20.6 Å². The molecule has 0 aliphatic carbocycles. The lowest BCUT2D eigenvalue weighted by atomic mass is 10.2. The van der Waals surface area contributed by atoms with Crippen LogP contribution in [0.15, 0.2) is 54.9 Å². The van der Waals surface area contributed by atoms with Crippen LogP contribution in [0.3, 0.4) is 0 Å². The highest BCUT2D eigenvalue weighted by Gasteiger charge is 2.16. The van der Waals surface area contributed by atoms with Crippen molar-refractivity contribution in [2.75, 3.05) is 5.32 Å². The van der Waals surface area contributed by atoms with E-state index in [1.807, 2.05) is 30.3 Å². The third kappa shape index (κ3) is 3.77. The van der Waals surface area contributed by atoms with Gasteiger partial charge in [0.1, 0.15) is 5.69 Å². The van der Waals surface area contributed by atoms with Gasteiger partial charge in [-0.15, -0.1) is 0 Å². The second-order valence-electron chi connectivity index (χ2n) is 5.69. The first-order valence-corrected chi connectivity index (χ1v) is 7.83. The van der Waals surface area contributed by atoms with E-state index in [4.69, 9.17) is 0 Å². The van der Waals surface area contributed by atoms with Crippen molar-refractivity contribution in [1.82, 2.24) is 19.4 Å². The SMILES string of the molecule is Cn1cccc1C(=O)Nc1cn(C)c(C(=O)NCc2ccccc2)n1. The molecule has 0 atom stereocenters. The number of aryl methyl sites for hydroxylation is 2. The van der Waals surface area contributed by atoms with Crippen molar-refractivity contribution in [3.8, 4) is 0 Å². The lowest BCUT2D eigenvalue weighted by Crippen LogP contribution is -2.25. The molecule has 2 N–H and O–H groups in total. The van der Waals surface area contributed by atoms with Crippen LogP contribution in [0.2, 0.25) is 0 Å². The predicted octanol–water partition coefficient (Wildman–Crippen LogP) is 1.94. The molecule has 0 aliphatic heterocycles. The second kappa shape index (κ2) is 7.04. The number of nitrogens with one attached hydrogen (secondary N) is 2. The van der Waals surface area contributed by atoms with Crippen LogP contribution in [0.4, 0.5) is 5.82 Å². The van der Waals surface area contributed by atoms with Crippen LogP contribution >= 0.6 is 0 Å². The highest BCUT2D eigenvalue weighted by molar-refractivity contribution is 6.03. The average Bonchev–Trinajstić information content (AvgIpc) is 3.19. The van der Waals surface area contributed by atoms with E-state index in [1.165, 1.54) is 0 Å². The van der Waals surface area contributed by atoms with Gasteiger partial charge >= 0.3 is 0 Å². The largest absolute Gasteiger partial charge is 0.347 e. The number of aromatic nitrogens is 3. The summed E-state index contributed by atoms with van der Waals surface area (Å²) in [4.78, 5) is 28.7. The van der Waals surface area contributed by atoms with Crippen LogP contribution in [0.1, 0.15) is 26.7 Å². The number of hydrogen-bond donors (Lipinski definition) is 2. The summed E-state index contributed by atoms with van der Waals surface area (Å²) in [5, 5.41) is 5.52. The first kappa shape index (κ1) is 16.5. The van der Waals surface area contributed by atoms with Crippen LogP contribution in [0.25, 0.3) is 0 Å². The summed E-state index contributed by atoms with van der Waals surface area (Å²) in [5.74, 6) is -0.00997. The number of amides is 2. The van der Waals surface area contributed by atoms with Crippen molar-refractivity contribution in [2.24, 2.45) is 14.1 Å². The fraction of sp³-hybridized carbons (Fsp3) is 0.167. The zero-order chi connectivity index (χ0) is 17.8. The maximum Gasteiger partial charge on any atom is 0.287 e. The van der Waals surface area contributed by atoms with Gasteiger partial charge in [0, 0.05) is 33.0 Å². The summed E-state index contributed by atoms with van der Waals surface area (Å²) in [6.45, 7) is 0.414. The Kier molecular flexibility index (Phi) is 4.65. The molecule has 3 aromatic rings. The van der Waals surface area contributed by atoms with E-state index in [2.05, 4.69) is 15.6 Å². The van der Waals surface area contributed by atoms with Crippen molar-refractivity contribution in [2.45, 2.75) is 6.54 Å². The fourth-order valence-corrected chi connectivity index (χ4v) is 2.47. The van der Waals surface area contributed by atoms with E-state index >= 15 is 0 Å². The van der Waals surface area contributed by atoms with E-state index in [0.717, 1.165) is 5.56 Å². The fourth-order valence-electron chi connectivity index (χ4n) is 2.47. The van der Waals surface area contributed by atoms with Gasteiger partial charge in [-0.05, 0) is 17.7 Å². The summed E-state index contributed by atoms with van der Waals surface area (Å²) in [7, 11) is 3.50. The van der Waals surface area contributed by atoms with E-state index < -0.39 is 0 Å². The molecule has 0 spiro atoms. The molecule has 0 aliphatic rings. The molecular weight excluding hydrogens is 318 g/mol. The molecule has 2 heterocycles. The minimum Gasteiger partial charge on any atom is -0.347 e. The van der Waals surface area contributed by atoms with Crippen LogP contribution in [0, 0.1) is 0 Å². The zero-order valence-electron chi connectivity index (χ0n) is 14.1. The van der Waals surface area contributed by atoms with Gasteiger partial charge in [-0.1, -0.05) is 30.3 Å². The van der Waals surface area contributed by atoms with Crippen LogP contribution in [-0.4, -0.2) is 25.9 Å². The van der Waals surface area contributed by atoms with Crippen molar-refractivity contribution in [1.29, 1.82) is 0 Å². The van der Waals surface area contributed by atoms with Crippen molar-refractivity contribution in [3.63, 3.8) is 0 Å². The maximum atomic E-state index is 12.3. The van der Waals surface area contributed by atoms with Gasteiger partial charge in [0.15, 0.2) is 5.82 Å². The molecule has 128 valence electrons. The normalized spacial score (nSPS) is 10.5. The number of imidazole rings is 1. The Morgan fingerprint density at radius 2 is 1.76 bits per heavy atom. The summed E-state index contributed by atoms with van der Waals surface area (Å²) < 4.78 is 3.30. The van der Waals surface area contributed by atoms with Gasteiger partial charge in [-0.25, -0.2) is 4.98 Å². The molecule has 25 heavy (non-hydrogen) atoms. The Hall–Kier alpha value is -3.35. The zero-order valence-corrected chi connectivity index (χ0v) is 14.1. The summed E-state index contributed by atoms with van der Waals surface area (Å²) in [5.41, 5.74) is 1.52. The first-order chi connectivity index (χ1) is 12.0. The molecule has 0 unspecified atom stereocenters. The number of carbonyl (C=O) groups excluding carboxylic acids is 2. The van der Waals surface area contributed by atoms with Gasteiger partial charge in [0.05, 0.1) is 0 Å². The highest BCUT2D eigenvalue weighted by atomic mass is 16.2. The Balaban J connectivity index is 1.66. The topological polar surface area (TPSA) is 81.0 Å². The number of hydrogen-bond acceptors (Lipinski definition) is 3. The minimum atomic E-state index is -0.300. The van der Waals surface area contributed by atoms with Crippen molar-refractivity contribution < 1.29 is 9.59 Å². The van der Waals surface area contributed by atoms with Gasteiger partial charge in [0.25, 0.3) is 11.8 Å². The molecule has 2 amide bonds. The lowest BCUT2D eigenvalue weighted by Gasteiger charge is -2.04. The first-order valence-electron chi connectivity index (χ1n) is 7.83. The quantitative estimate of drug-likeness (QED) is 0.746. The molecule has 0 saturated carbocycles. The van der Waals surface area contributed by atoms with E-state index in [1.54, 1.807) is 47.8 Å². The average molecular weight is 337 g/mol. The molecule has 0 fully saturated rings. The maximum absolute atomic E-state index is 12.3. The molecule has 1 aromatic carbocycles. The minimum absolute atomic E-state index is 0.234. The second-order valence-corrected chi connectivity index (χ2v) is 5.69. The van der Waals surface area contributed by atoms with Crippen molar-refractivity contribution in [3.05, 3.63) is 71.9 Å². The highest BCUT2D eigenvalue weighted by Crippen LogP contribution is 2.10. The smallest absolute Gasteiger partial charge is 0.287 e. The molecule has 0 radical (unpaired) electrons. The van der Waals surface area contributed by atoms with Gasteiger partial charge in [-0.3, -0.25) is 9.59 Å². The number of carbonyl (C=O) groups is 2. The predicted molar refractivity (Wildman–Crippen MR) is 94.2 cm³/mol. The third-order valence-corrected chi connectivity index (χ3v) is 3.79. The van der Waals surface area contributed by atoms with Gasteiger partial charge < -0.3 is 19.8 Å². The van der Waals surface area contributed by atoms with E-state index in [0.29, 0.717) is 18.1 Å². The molecule has 7 heteroatoms. The lowest BCUT2D eigenvalue weighted by molar-refractivity contribution is 0.0936. The molecular formula is C18H19N5O2. The molecule has 0 bridgehead atoms. The molecule has 7 nitrogen and oxygen atoms in total. The summed E-state index contributed by atoms with van der Waals surface area (Å²) in [6.07, 6.45) is 3.40. The summed E-state index contributed by atoms with van der Waals surface area (Å²) in [6, 6.07) is 13.1. The Labute approximate surface area is 145 Å². The number of anilines is 1. The Bertz CT molecular complexity index is 895. The number of benzene rings is 1. The van der Waals surface area contributed by atoms with Crippen molar-refractivity contribution >= 4 is 17.6 Å². The van der Waals surface area contributed by atoms with Gasteiger partial charge in [-0.2, -0.15) is 0 Å². The number of rotatable bonds is 5. The Morgan fingerprint density at radius 1 is 1.00 bits per heavy atom. The monoisotopic (exact) mass is 337 g/mol. The Morgan fingerprint density at radius 3 is 2.44 bits per heavy atom.